The Morgan fingerprint density at radius 1 is 0.711 bits per heavy atom. The molecule has 0 bridgehead atoms. The number of fused-ring (bicyclic) bond motifs is 2. The third-order valence-electron chi connectivity index (χ3n) is 9.27. The van der Waals surface area contributed by atoms with Crippen molar-refractivity contribution in [3.63, 3.8) is 0 Å². The first kappa shape index (κ1) is 30.2. The van der Waals surface area contributed by atoms with E-state index < -0.39 is 0 Å². The summed E-state index contributed by atoms with van der Waals surface area (Å²) in [5.74, 6) is 1.91. The van der Waals surface area contributed by atoms with Gasteiger partial charge in [0.2, 0.25) is 0 Å². The van der Waals surface area contributed by atoms with Crippen molar-refractivity contribution in [3.05, 3.63) is 154 Å². The number of unbranched alkanes of at least 4 members (excludes halogenated alkanes) is 1. The first-order valence-electron chi connectivity index (χ1n) is 16.3. The lowest BCUT2D eigenvalue weighted by atomic mass is 9.79. The van der Waals surface area contributed by atoms with Crippen LogP contribution in [0.5, 0.6) is 11.5 Å². The molecule has 1 atom stereocenters. The van der Waals surface area contributed by atoms with Gasteiger partial charge in [-0.1, -0.05) is 80.1 Å². The molecular formula is C41H42N3O+. The summed E-state index contributed by atoms with van der Waals surface area (Å²) >= 11 is 0. The number of anilines is 1. The number of hydrogen-bond acceptors (Lipinski definition) is 3. The largest absolute Gasteiger partial charge is 0.456 e. The van der Waals surface area contributed by atoms with Crippen LogP contribution in [0.2, 0.25) is 0 Å². The van der Waals surface area contributed by atoms with Crippen LogP contribution in [0.3, 0.4) is 0 Å². The molecular weight excluding hydrogens is 550 g/mol. The molecule has 0 aromatic heterocycles. The van der Waals surface area contributed by atoms with Crippen molar-refractivity contribution in [1.29, 1.82) is 5.26 Å². The summed E-state index contributed by atoms with van der Waals surface area (Å²) in [6.07, 6.45) is 4.30. The number of aryl methyl sites for hydroxylation is 1. The molecule has 226 valence electrons. The third-order valence-corrected chi connectivity index (χ3v) is 9.27. The van der Waals surface area contributed by atoms with Gasteiger partial charge < -0.3 is 4.74 Å². The molecule has 0 saturated carbocycles. The Labute approximate surface area is 268 Å². The van der Waals surface area contributed by atoms with Gasteiger partial charge in [-0.2, -0.15) is 9.85 Å². The van der Waals surface area contributed by atoms with E-state index in [1.54, 1.807) is 0 Å². The Balaban J connectivity index is 1.45. The number of nitrogens with zero attached hydrogens (tertiary/aromatic N) is 2. The van der Waals surface area contributed by atoms with E-state index in [2.05, 4.69) is 123 Å². The average Bonchev–Trinajstić information content (AvgIpc) is 3.09. The number of quaternary nitrogens is 1. The highest BCUT2D eigenvalue weighted by molar-refractivity contribution is 5.65. The predicted molar refractivity (Wildman–Crippen MR) is 186 cm³/mol. The van der Waals surface area contributed by atoms with E-state index >= 15 is 0 Å². The fraction of sp³-hybridized carbons (Fsp3) is 0.244. The Hall–Kier alpha value is -4.85. The minimum Gasteiger partial charge on any atom is -0.456 e. The number of rotatable bonds is 11. The van der Waals surface area contributed by atoms with Crippen LogP contribution < -0.4 is 14.8 Å². The SMILES string of the molecule is CCCCc1ccc2c(c1)C(c1ccccc1Cc1ccccc1)c1ccc([N+](CC)(CC)Nc3ccc(C#N)cc3)cc1O2. The van der Waals surface area contributed by atoms with Crippen LogP contribution in [0.4, 0.5) is 11.4 Å². The highest BCUT2D eigenvalue weighted by Crippen LogP contribution is 2.50. The molecule has 4 heteroatoms. The zero-order valence-electron chi connectivity index (χ0n) is 26.6. The molecule has 0 aliphatic carbocycles. The fourth-order valence-corrected chi connectivity index (χ4v) is 6.66. The zero-order valence-corrected chi connectivity index (χ0v) is 26.6. The quantitative estimate of drug-likeness (QED) is 0.120. The smallest absolute Gasteiger partial charge is 0.161 e. The molecule has 0 radical (unpaired) electrons. The maximum atomic E-state index is 9.27. The van der Waals surface area contributed by atoms with Gasteiger partial charge in [-0.3, -0.25) is 0 Å². The highest BCUT2D eigenvalue weighted by atomic mass is 16.5. The fourth-order valence-electron chi connectivity index (χ4n) is 6.66. The second-order valence-electron chi connectivity index (χ2n) is 12.0. The molecule has 4 nitrogen and oxygen atoms in total. The van der Waals surface area contributed by atoms with Crippen LogP contribution in [0.15, 0.2) is 115 Å². The summed E-state index contributed by atoms with van der Waals surface area (Å²) in [7, 11) is 0. The van der Waals surface area contributed by atoms with E-state index in [0.29, 0.717) is 10.2 Å². The molecule has 0 amide bonds. The van der Waals surface area contributed by atoms with Crippen molar-refractivity contribution < 1.29 is 4.74 Å². The second kappa shape index (κ2) is 13.4. The van der Waals surface area contributed by atoms with Crippen LogP contribution in [0, 0.1) is 11.3 Å². The maximum Gasteiger partial charge on any atom is 0.161 e. The lowest BCUT2D eigenvalue weighted by Gasteiger charge is -2.37. The minimum absolute atomic E-state index is 0.0657. The van der Waals surface area contributed by atoms with Crippen LogP contribution in [0.25, 0.3) is 0 Å². The van der Waals surface area contributed by atoms with E-state index in [9.17, 15) is 5.26 Å². The number of nitrogens with one attached hydrogen (secondary N) is 1. The number of hydrogen-bond donors (Lipinski definition) is 1. The molecule has 1 unspecified atom stereocenters. The molecule has 5 aromatic rings. The van der Waals surface area contributed by atoms with Gasteiger partial charge in [0, 0.05) is 29.2 Å². The van der Waals surface area contributed by atoms with E-state index in [4.69, 9.17) is 4.74 Å². The Morgan fingerprint density at radius 2 is 1.47 bits per heavy atom. The van der Waals surface area contributed by atoms with E-state index in [1.165, 1.54) is 46.2 Å². The Morgan fingerprint density at radius 3 is 2.20 bits per heavy atom. The van der Waals surface area contributed by atoms with Gasteiger partial charge in [-0.05, 0) is 91.8 Å². The topological polar surface area (TPSA) is 45.0 Å². The van der Waals surface area contributed by atoms with Crippen molar-refractivity contribution in [2.24, 2.45) is 0 Å². The monoisotopic (exact) mass is 592 g/mol. The van der Waals surface area contributed by atoms with Gasteiger partial charge in [0.05, 0.1) is 17.3 Å². The summed E-state index contributed by atoms with van der Waals surface area (Å²) in [5.41, 5.74) is 14.3. The Kier molecular flexibility index (Phi) is 9.01. The molecule has 45 heavy (non-hydrogen) atoms. The molecule has 1 aliphatic heterocycles. The molecule has 6 rings (SSSR count). The molecule has 5 aromatic carbocycles. The molecule has 1 N–H and O–H groups in total. The lowest BCUT2D eigenvalue weighted by Crippen LogP contribution is -2.53. The summed E-state index contributed by atoms with van der Waals surface area (Å²) < 4.78 is 7.33. The van der Waals surface area contributed by atoms with E-state index in [0.717, 1.165) is 48.8 Å². The van der Waals surface area contributed by atoms with Gasteiger partial charge in [0.15, 0.2) is 5.69 Å². The Bertz CT molecular complexity index is 1800. The summed E-state index contributed by atoms with van der Waals surface area (Å²) in [4.78, 5) is 0. The summed E-state index contributed by atoms with van der Waals surface area (Å²) in [6, 6.07) is 43.2. The number of nitriles is 1. The lowest BCUT2D eigenvalue weighted by molar-refractivity contribution is 0.356. The number of ether oxygens (including phenoxy) is 1. The van der Waals surface area contributed by atoms with Crippen molar-refractivity contribution in [3.8, 4) is 17.6 Å². The molecule has 1 heterocycles. The van der Waals surface area contributed by atoms with E-state index in [1.807, 2.05) is 24.3 Å². The van der Waals surface area contributed by atoms with Gasteiger partial charge in [0.1, 0.15) is 24.6 Å². The van der Waals surface area contributed by atoms with Crippen molar-refractivity contribution in [2.45, 2.75) is 52.4 Å². The van der Waals surface area contributed by atoms with E-state index in [-0.39, 0.29) is 5.92 Å². The van der Waals surface area contributed by atoms with Gasteiger partial charge in [-0.25, -0.2) is 5.43 Å². The molecule has 1 aliphatic rings. The minimum atomic E-state index is 0.0657. The van der Waals surface area contributed by atoms with Crippen LogP contribution in [-0.4, -0.2) is 13.1 Å². The molecule has 0 fully saturated rings. The van der Waals surface area contributed by atoms with Crippen LogP contribution in [0.1, 0.15) is 78.5 Å². The zero-order chi connectivity index (χ0) is 31.2. The van der Waals surface area contributed by atoms with Crippen molar-refractivity contribution in [1.82, 2.24) is 4.59 Å². The van der Waals surface area contributed by atoms with Crippen LogP contribution >= 0.6 is 0 Å². The third kappa shape index (κ3) is 6.23. The summed E-state index contributed by atoms with van der Waals surface area (Å²) in [6.45, 7) is 8.35. The highest BCUT2D eigenvalue weighted by Gasteiger charge is 2.34. The van der Waals surface area contributed by atoms with Gasteiger partial charge in [-0.15, -0.1) is 0 Å². The first-order chi connectivity index (χ1) is 22.1. The molecule has 0 spiro atoms. The van der Waals surface area contributed by atoms with Gasteiger partial charge >= 0.3 is 0 Å². The number of benzene rings is 5. The van der Waals surface area contributed by atoms with Crippen LogP contribution in [-0.2, 0) is 12.8 Å². The van der Waals surface area contributed by atoms with Gasteiger partial charge in [0.25, 0.3) is 0 Å². The molecule has 0 saturated heterocycles. The van der Waals surface area contributed by atoms with Crippen molar-refractivity contribution in [2.75, 3.05) is 18.5 Å². The predicted octanol–water partition coefficient (Wildman–Crippen LogP) is 10.2. The second-order valence-corrected chi connectivity index (χ2v) is 12.0. The first-order valence-corrected chi connectivity index (χ1v) is 16.3. The average molecular weight is 593 g/mol. The maximum absolute atomic E-state index is 9.27. The normalized spacial score (nSPS) is 13.7. The standard InChI is InChI=1S/C41H42N3O/c1-4-7-13-31-20-25-39-38(27-31)41(36-17-12-11-16-33(36)26-30-14-9-8-10-15-30)37-24-23-35(28-40(37)45-39)44(5-2,6-3)43-34-21-18-32(29-42)19-22-34/h8-12,14-25,27-28,41,43H,4-7,13,26H2,1-3H3/q+1. The van der Waals surface area contributed by atoms with Crippen molar-refractivity contribution >= 4 is 11.4 Å². The summed E-state index contributed by atoms with van der Waals surface area (Å²) in [5, 5.41) is 9.27.